The number of aliphatic hydroxyl groups is 1. The lowest BCUT2D eigenvalue weighted by molar-refractivity contribution is -0.120. The summed E-state index contributed by atoms with van der Waals surface area (Å²) >= 11 is 1.13. The Morgan fingerprint density at radius 2 is 1.59 bits per heavy atom. The van der Waals surface area contributed by atoms with Crippen LogP contribution in [0.2, 0.25) is 0 Å². The Balaban J connectivity index is 1.52. The van der Waals surface area contributed by atoms with E-state index < -0.39 is 29.7 Å². The summed E-state index contributed by atoms with van der Waals surface area (Å²) in [6, 6.07) is 14.0. The minimum Gasteiger partial charge on any atom is -0.390 e. The van der Waals surface area contributed by atoms with Gasteiger partial charge in [-0.2, -0.15) is 0 Å². The van der Waals surface area contributed by atoms with Crippen LogP contribution in [0.5, 0.6) is 0 Å². The van der Waals surface area contributed by atoms with Crippen molar-refractivity contribution in [3.05, 3.63) is 101 Å². The van der Waals surface area contributed by atoms with Crippen molar-refractivity contribution < 1.29 is 23.5 Å². The molecule has 4 N–H and O–H groups in total. The molecule has 0 aliphatic rings. The van der Waals surface area contributed by atoms with Crippen molar-refractivity contribution in [2.75, 3.05) is 18.1 Å². The molecular weight excluding hydrogens is 522 g/mol. The SMILES string of the molecule is CCc1cccc(CNC[C@H](O)[C@H](Cc2cc(F)cc(F)c2)NC(=O)CSCC(=O)NCc2ccncc2)c1. The third kappa shape index (κ3) is 11.1. The highest BCUT2D eigenvalue weighted by Gasteiger charge is 2.22. The largest absolute Gasteiger partial charge is 0.390 e. The van der Waals surface area contributed by atoms with Crippen molar-refractivity contribution in [2.45, 2.75) is 45.0 Å². The van der Waals surface area contributed by atoms with E-state index in [1.165, 1.54) is 17.7 Å². The summed E-state index contributed by atoms with van der Waals surface area (Å²) in [5, 5.41) is 19.6. The summed E-state index contributed by atoms with van der Waals surface area (Å²) in [5.41, 5.74) is 3.50. The molecule has 39 heavy (non-hydrogen) atoms. The summed E-state index contributed by atoms with van der Waals surface area (Å²) < 4.78 is 27.5. The molecule has 3 rings (SSSR count). The number of nitrogens with one attached hydrogen (secondary N) is 3. The average molecular weight is 557 g/mol. The van der Waals surface area contributed by atoms with Gasteiger partial charge in [0.05, 0.1) is 23.7 Å². The topological polar surface area (TPSA) is 103 Å². The van der Waals surface area contributed by atoms with E-state index in [2.05, 4.69) is 33.9 Å². The number of aromatic nitrogens is 1. The molecular formula is C29H34F2N4O3S. The number of pyridine rings is 1. The zero-order valence-corrected chi connectivity index (χ0v) is 22.6. The highest BCUT2D eigenvalue weighted by atomic mass is 32.2. The van der Waals surface area contributed by atoms with Crippen molar-refractivity contribution in [2.24, 2.45) is 0 Å². The second kappa shape index (κ2) is 15.9. The summed E-state index contributed by atoms with van der Waals surface area (Å²) in [6.45, 7) is 3.11. The molecule has 7 nitrogen and oxygen atoms in total. The van der Waals surface area contributed by atoms with Gasteiger partial charge >= 0.3 is 0 Å². The molecule has 0 saturated heterocycles. The fourth-order valence-corrected chi connectivity index (χ4v) is 4.63. The molecule has 1 heterocycles. The fourth-order valence-electron chi connectivity index (χ4n) is 3.97. The van der Waals surface area contributed by atoms with Gasteiger partial charge in [-0.15, -0.1) is 11.8 Å². The lowest BCUT2D eigenvalue weighted by Gasteiger charge is -2.25. The summed E-state index contributed by atoms with van der Waals surface area (Å²) in [5.74, 6) is -2.00. The first-order valence-corrected chi connectivity index (χ1v) is 13.9. The van der Waals surface area contributed by atoms with E-state index in [0.29, 0.717) is 18.7 Å². The highest BCUT2D eigenvalue weighted by molar-refractivity contribution is 8.00. The van der Waals surface area contributed by atoms with E-state index in [4.69, 9.17) is 0 Å². The fraction of sp³-hybridized carbons (Fsp3) is 0.345. The first-order valence-electron chi connectivity index (χ1n) is 12.8. The number of rotatable bonds is 15. The molecule has 0 radical (unpaired) electrons. The molecule has 2 amide bonds. The molecule has 2 aromatic carbocycles. The molecule has 0 aliphatic carbocycles. The third-order valence-electron chi connectivity index (χ3n) is 5.98. The minimum atomic E-state index is -1.02. The Bertz CT molecular complexity index is 1200. The maximum Gasteiger partial charge on any atom is 0.230 e. The van der Waals surface area contributed by atoms with Crippen LogP contribution < -0.4 is 16.0 Å². The van der Waals surface area contributed by atoms with Crippen LogP contribution in [0.3, 0.4) is 0 Å². The number of nitrogens with zero attached hydrogens (tertiary/aromatic N) is 1. The van der Waals surface area contributed by atoms with Crippen LogP contribution in [0.25, 0.3) is 0 Å². The molecule has 0 aliphatic heterocycles. The molecule has 0 bridgehead atoms. The number of benzene rings is 2. The summed E-state index contributed by atoms with van der Waals surface area (Å²) in [6.07, 6.45) is 3.21. The van der Waals surface area contributed by atoms with Gasteiger partial charge in [0.15, 0.2) is 0 Å². The predicted octanol–water partition coefficient (Wildman–Crippen LogP) is 3.15. The zero-order valence-electron chi connectivity index (χ0n) is 21.8. The smallest absolute Gasteiger partial charge is 0.230 e. The molecule has 10 heteroatoms. The Morgan fingerprint density at radius 1 is 0.897 bits per heavy atom. The van der Waals surface area contributed by atoms with Gasteiger partial charge in [0, 0.05) is 38.1 Å². The lowest BCUT2D eigenvalue weighted by Crippen LogP contribution is -2.49. The van der Waals surface area contributed by atoms with Gasteiger partial charge < -0.3 is 21.1 Å². The number of aliphatic hydroxyl groups excluding tert-OH is 1. The van der Waals surface area contributed by atoms with Crippen LogP contribution in [0.15, 0.2) is 67.0 Å². The number of amides is 2. The van der Waals surface area contributed by atoms with Gasteiger partial charge in [-0.05, 0) is 59.4 Å². The van der Waals surface area contributed by atoms with Crippen LogP contribution in [-0.2, 0) is 35.5 Å². The summed E-state index contributed by atoms with van der Waals surface area (Å²) in [7, 11) is 0. The molecule has 208 valence electrons. The van der Waals surface area contributed by atoms with Crippen LogP contribution in [0.1, 0.15) is 29.2 Å². The first-order chi connectivity index (χ1) is 18.8. The maximum absolute atomic E-state index is 13.8. The van der Waals surface area contributed by atoms with Crippen LogP contribution >= 0.6 is 11.8 Å². The van der Waals surface area contributed by atoms with Gasteiger partial charge in [0.25, 0.3) is 0 Å². The normalized spacial score (nSPS) is 12.5. The Hall–Kier alpha value is -3.34. The van der Waals surface area contributed by atoms with E-state index in [1.54, 1.807) is 24.5 Å². The monoisotopic (exact) mass is 556 g/mol. The van der Waals surface area contributed by atoms with Crippen LogP contribution in [-0.4, -0.2) is 52.1 Å². The molecule has 2 atom stereocenters. The molecule has 0 fully saturated rings. The van der Waals surface area contributed by atoms with E-state index in [1.807, 2.05) is 18.2 Å². The Morgan fingerprint density at radius 3 is 2.31 bits per heavy atom. The molecule has 0 spiro atoms. The number of carbonyl (C=O) groups excluding carboxylic acids is 2. The number of hydrogen-bond donors (Lipinski definition) is 4. The van der Waals surface area contributed by atoms with Crippen molar-refractivity contribution in [3.63, 3.8) is 0 Å². The Kier molecular flexibility index (Phi) is 12.3. The minimum absolute atomic E-state index is 0.0132. The maximum atomic E-state index is 13.8. The highest BCUT2D eigenvalue weighted by Crippen LogP contribution is 2.13. The number of halogens is 2. The van der Waals surface area contributed by atoms with Gasteiger partial charge in [0.2, 0.25) is 11.8 Å². The number of thioether (sulfide) groups is 1. The molecule has 3 aromatic rings. The quantitative estimate of drug-likeness (QED) is 0.229. The van der Waals surface area contributed by atoms with Crippen LogP contribution in [0.4, 0.5) is 8.78 Å². The van der Waals surface area contributed by atoms with Crippen molar-refractivity contribution in [1.29, 1.82) is 0 Å². The van der Waals surface area contributed by atoms with Crippen LogP contribution in [0, 0.1) is 11.6 Å². The van der Waals surface area contributed by atoms with Crippen molar-refractivity contribution in [1.82, 2.24) is 20.9 Å². The molecule has 1 aromatic heterocycles. The van der Waals surface area contributed by atoms with E-state index in [-0.39, 0.29) is 30.4 Å². The van der Waals surface area contributed by atoms with Gasteiger partial charge in [-0.3, -0.25) is 14.6 Å². The third-order valence-corrected chi connectivity index (χ3v) is 6.91. The molecule has 0 saturated carbocycles. The van der Waals surface area contributed by atoms with Gasteiger partial charge in [0.1, 0.15) is 11.6 Å². The summed E-state index contributed by atoms with van der Waals surface area (Å²) in [4.78, 5) is 28.7. The number of carbonyl (C=O) groups is 2. The van der Waals surface area contributed by atoms with Gasteiger partial charge in [-0.25, -0.2) is 8.78 Å². The van der Waals surface area contributed by atoms with E-state index >= 15 is 0 Å². The van der Waals surface area contributed by atoms with E-state index in [0.717, 1.165) is 35.4 Å². The number of aryl methyl sites for hydroxylation is 1. The van der Waals surface area contributed by atoms with Crippen molar-refractivity contribution in [3.8, 4) is 0 Å². The van der Waals surface area contributed by atoms with Gasteiger partial charge in [-0.1, -0.05) is 31.2 Å². The predicted molar refractivity (Wildman–Crippen MR) is 149 cm³/mol. The second-order valence-electron chi connectivity index (χ2n) is 9.15. The molecule has 0 unspecified atom stereocenters. The zero-order chi connectivity index (χ0) is 28.0. The van der Waals surface area contributed by atoms with Crippen molar-refractivity contribution >= 4 is 23.6 Å². The lowest BCUT2D eigenvalue weighted by atomic mass is 10.0. The standard InChI is InChI=1S/C29H34F2N4O3S/c1-2-20-4-3-5-22(10-20)15-33-17-27(36)26(13-23-11-24(30)14-25(31)12-23)35-29(38)19-39-18-28(37)34-16-21-6-8-32-9-7-21/h3-12,14,26-27,33,36H,2,13,15-19H2,1H3,(H,34,37)(H,35,38)/t26-,27-/m0/s1. The second-order valence-corrected chi connectivity index (χ2v) is 10.1. The Labute approximate surface area is 231 Å². The average Bonchev–Trinajstić information content (AvgIpc) is 2.91. The first kappa shape index (κ1) is 30.2. The number of hydrogen-bond acceptors (Lipinski definition) is 6. The van der Waals surface area contributed by atoms with E-state index in [9.17, 15) is 23.5 Å².